The highest BCUT2D eigenvalue weighted by Crippen LogP contribution is 2.32. The van der Waals surface area contributed by atoms with Crippen LogP contribution in [0, 0.1) is 0 Å². The largest absolute Gasteiger partial charge is 0.508 e. The van der Waals surface area contributed by atoms with Crippen LogP contribution in [0.25, 0.3) is 0 Å². The summed E-state index contributed by atoms with van der Waals surface area (Å²) in [7, 11) is 0. The van der Waals surface area contributed by atoms with E-state index in [9.17, 15) is 10.2 Å². The Morgan fingerprint density at radius 1 is 0.606 bits per heavy atom. The van der Waals surface area contributed by atoms with Crippen molar-refractivity contribution in [3.8, 4) is 23.0 Å². The second kappa shape index (κ2) is 13.5. The summed E-state index contributed by atoms with van der Waals surface area (Å²) in [6.45, 7) is 4.23. The Labute approximate surface area is 196 Å². The van der Waals surface area contributed by atoms with E-state index >= 15 is 0 Å². The molecule has 172 valence electrons. The van der Waals surface area contributed by atoms with Gasteiger partial charge in [-0.25, -0.2) is 0 Å². The molecule has 4 nitrogen and oxygen atoms in total. The van der Waals surface area contributed by atoms with E-state index < -0.39 is 0 Å². The average molecular weight is 445 g/mol. The molecule has 33 heavy (non-hydrogen) atoms. The fourth-order valence-electron chi connectivity index (χ4n) is 3.25. The molecule has 4 N–H and O–H groups in total. The molecule has 0 saturated heterocycles. The molecule has 0 aliphatic carbocycles. The fraction of sp³-hybridized carbons (Fsp3) is 0.172. The van der Waals surface area contributed by atoms with E-state index in [-0.39, 0.29) is 28.9 Å². The molecule has 0 aliphatic rings. The third-order valence-electron chi connectivity index (χ3n) is 4.99. The van der Waals surface area contributed by atoms with Gasteiger partial charge in [-0.05, 0) is 35.7 Å². The summed E-state index contributed by atoms with van der Waals surface area (Å²) >= 11 is 0. The molecule has 0 fully saturated rings. The summed E-state index contributed by atoms with van der Waals surface area (Å²) in [5.74, 6) is 0.509. The van der Waals surface area contributed by atoms with Crippen molar-refractivity contribution >= 4 is 0 Å². The number of aryl methyl sites for hydroxylation is 1. The van der Waals surface area contributed by atoms with Crippen LogP contribution in [0.5, 0.6) is 23.0 Å². The molecule has 1 atom stereocenters. The van der Waals surface area contributed by atoms with Gasteiger partial charge >= 0.3 is 0 Å². The molecule has 0 amide bonds. The molecule has 1 unspecified atom stereocenters. The van der Waals surface area contributed by atoms with Crippen LogP contribution in [-0.4, -0.2) is 20.4 Å². The minimum atomic E-state index is 0.0847. The van der Waals surface area contributed by atoms with Gasteiger partial charge in [-0.2, -0.15) is 0 Å². The topological polar surface area (TPSA) is 80.9 Å². The van der Waals surface area contributed by atoms with Gasteiger partial charge in [0, 0.05) is 23.6 Å². The molecule has 0 radical (unpaired) electrons. The monoisotopic (exact) mass is 444 g/mol. The Balaban J connectivity index is 0.000000192. The van der Waals surface area contributed by atoms with Crippen molar-refractivity contribution in [2.24, 2.45) is 0 Å². The van der Waals surface area contributed by atoms with E-state index in [0.29, 0.717) is 0 Å². The molecule has 0 spiro atoms. The van der Waals surface area contributed by atoms with Crippen LogP contribution in [0.3, 0.4) is 0 Å². The van der Waals surface area contributed by atoms with Crippen molar-refractivity contribution in [2.75, 3.05) is 0 Å². The number of hydrogen-bond donors (Lipinski definition) is 4. The summed E-state index contributed by atoms with van der Waals surface area (Å²) in [6.07, 6.45) is 2.45. The van der Waals surface area contributed by atoms with Gasteiger partial charge in [0.25, 0.3) is 0 Å². The maximum absolute atomic E-state index is 9.76. The third-order valence-corrected chi connectivity index (χ3v) is 4.99. The maximum atomic E-state index is 9.76. The lowest BCUT2D eigenvalue weighted by Crippen LogP contribution is -1.95. The zero-order valence-electron chi connectivity index (χ0n) is 19.1. The standard InChI is InChI=1S/C14H14O2.C9H12.C6H6O2/c1-10(11-5-3-2-4-6-11)13-8-7-12(15)9-14(13)16;1-2-6-9-7-4-3-5-8-9;7-5-2-1-3-6(8)4-5/h2-10,15-16H,1H3;3-5,7-8H,2,6H2,1H3;1-4,7-8H. The van der Waals surface area contributed by atoms with Gasteiger partial charge in [-0.1, -0.05) is 93.1 Å². The zero-order valence-corrected chi connectivity index (χ0v) is 19.1. The maximum Gasteiger partial charge on any atom is 0.123 e. The Morgan fingerprint density at radius 2 is 1.15 bits per heavy atom. The molecule has 0 heterocycles. The average Bonchev–Trinajstić information content (AvgIpc) is 2.81. The summed E-state index contributed by atoms with van der Waals surface area (Å²) in [4.78, 5) is 0. The first kappa shape index (κ1) is 25.3. The van der Waals surface area contributed by atoms with E-state index in [4.69, 9.17) is 10.2 Å². The lowest BCUT2D eigenvalue weighted by atomic mass is 9.92. The molecular weight excluding hydrogens is 412 g/mol. The van der Waals surface area contributed by atoms with Crippen molar-refractivity contribution in [1.29, 1.82) is 0 Å². The van der Waals surface area contributed by atoms with Crippen LogP contribution in [-0.2, 0) is 6.42 Å². The fourth-order valence-corrected chi connectivity index (χ4v) is 3.25. The third kappa shape index (κ3) is 8.99. The highest BCUT2D eigenvalue weighted by Gasteiger charge is 2.12. The van der Waals surface area contributed by atoms with Crippen LogP contribution in [0.1, 0.15) is 42.9 Å². The van der Waals surface area contributed by atoms with Crippen LogP contribution in [0.4, 0.5) is 0 Å². The molecule has 4 aromatic carbocycles. The van der Waals surface area contributed by atoms with Gasteiger partial charge in [-0.3, -0.25) is 0 Å². The van der Waals surface area contributed by atoms with E-state index in [0.717, 1.165) is 11.1 Å². The number of hydrogen-bond acceptors (Lipinski definition) is 4. The summed E-state index contributed by atoms with van der Waals surface area (Å²) in [5, 5.41) is 36.3. The van der Waals surface area contributed by atoms with E-state index in [1.54, 1.807) is 18.2 Å². The lowest BCUT2D eigenvalue weighted by Gasteiger charge is -2.14. The molecule has 0 aliphatic heterocycles. The van der Waals surface area contributed by atoms with Crippen LogP contribution in [0.15, 0.2) is 103 Å². The Morgan fingerprint density at radius 3 is 1.64 bits per heavy atom. The first-order valence-electron chi connectivity index (χ1n) is 11.0. The first-order chi connectivity index (χ1) is 15.9. The highest BCUT2D eigenvalue weighted by atomic mass is 16.3. The molecule has 0 saturated carbocycles. The van der Waals surface area contributed by atoms with Crippen LogP contribution < -0.4 is 0 Å². The molecular formula is C29H32O4. The van der Waals surface area contributed by atoms with Gasteiger partial charge in [-0.15, -0.1) is 0 Å². The Kier molecular flexibility index (Phi) is 10.4. The molecule has 0 bridgehead atoms. The predicted molar refractivity (Wildman–Crippen MR) is 134 cm³/mol. The number of aromatic hydroxyl groups is 4. The van der Waals surface area contributed by atoms with E-state index in [2.05, 4.69) is 37.3 Å². The van der Waals surface area contributed by atoms with E-state index in [1.807, 2.05) is 37.3 Å². The van der Waals surface area contributed by atoms with Gasteiger partial charge in [0.05, 0.1) is 0 Å². The van der Waals surface area contributed by atoms with Gasteiger partial charge < -0.3 is 20.4 Å². The minimum absolute atomic E-state index is 0.0847. The van der Waals surface area contributed by atoms with Gasteiger partial charge in [0.1, 0.15) is 23.0 Å². The Hall–Kier alpha value is -3.92. The normalized spacial score (nSPS) is 10.7. The van der Waals surface area contributed by atoms with Crippen LogP contribution in [0.2, 0.25) is 0 Å². The Bertz CT molecular complexity index is 1060. The van der Waals surface area contributed by atoms with Gasteiger partial charge in [0.2, 0.25) is 0 Å². The zero-order chi connectivity index (χ0) is 24.1. The number of phenols is 4. The molecule has 0 aromatic heterocycles. The van der Waals surface area contributed by atoms with Crippen molar-refractivity contribution in [3.63, 3.8) is 0 Å². The van der Waals surface area contributed by atoms with Crippen molar-refractivity contribution < 1.29 is 20.4 Å². The first-order valence-corrected chi connectivity index (χ1v) is 11.0. The quantitative estimate of drug-likeness (QED) is 0.273. The summed E-state index contributed by atoms with van der Waals surface area (Å²) < 4.78 is 0. The highest BCUT2D eigenvalue weighted by molar-refractivity contribution is 5.44. The second-order valence-electron chi connectivity index (χ2n) is 7.63. The van der Waals surface area contributed by atoms with E-state index in [1.165, 1.54) is 42.7 Å². The lowest BCUT2D eigenvalue weighted by molar-refractivity contribution is 0.444. The van der Waals surface area contributed by atoms with Crippen molar-refractivity contribution in [2.45, 2.75) is 32.6 Å². The second-order valence-corrected chi connectivity index (χ2v) is 7.63. The van der Waals surface area contributed by atoms with Crippen LogP contribution >= 0.6 is 0 Å². The summed E-state index contributed by atoms with van der Waals surface area (Å²) in [5.41, 5.74) is 3.41. The number of benzene rings is 4. The molecule has 4 rings (SSSR count). The van der Waals surface area contributed by atoms with Gasteiger partial charge in [0.15, 0.2) is 0 Å². The summed E-state index contributed by atoms with van der Waals surface area (Å²) in [6, 6.07) is 31.1. The predicted octanol–water partition coefficient (Wildman–Crippen LogP) is 6.99. The number of rotatable bonds is 4. The molecule has 4 aromatic rings. The molecule has 4 heteroatoms. The SMILES string of the molecule is CC(c1ccccc1)c1ccc(O)cc1O.CCCc1ccccc1.Oc1cccc(O)c1. The van der Waals surface area contributed by atoms with Crippen molar-refractivity contribution in [3.05, 3.63) is 120 Å². The minimum Gasteiger partial charge on any atom is -0.508 e. The smallest absolute Gasteiger partial charge is 0.123 e. The number of phenolic OH excluding ortho intramolecular Hbond substituents is 4. The van der Waals surface area contributed by atoms with Crippen molar-refractivity contribution in [1.82, 2.24) is 0 Å².